The molecule has 1 heterocycles. The van der Waals surface area contributed by atoms with Crippen molar-refractivity contribution in [2.45, 2.75) is 58.5 Å². The second-order valence-electron chi connectivity index (χ2n) is 6.77. The van der Waals surface area contributed by atoms with Crippen molar-refractivity contribution in [2.75, 3.05) is 5.32 Å². The van der Waals surface area contributed by atoms with Crippen LogP contribution in [0.15, 0.2) is 11.5 Å². The van der Waals surface area contributed by atoms with E-state index in [1.165, 1.54) is 37.0 Å². The maximum atomic E-state index is 11.7. The van der Waals surface area contributed by atoms with Gasteiger partial charge in [0.25, 0.3) is 0 Å². The van der Waals surface area contributed by atoms with E-state index in [-0.39, 0.29) is 0 Å². The van der Waals surface area contributed by atoms with Crippen LogP contribution in [0, 0.1) is 5.92 Å². The van der Waals surface area contributed by atoms with Crippen molar-refractivity contribution in [1.82, 2.24) is 4.98 Å². The highest BCUT2D eigenvalue weighted by Crippen LogP contribution is 2.29. The van der Waals surface area contributed by atoms with Crippen molar-refractivity contribution in [3.63, 3.8) is 0 Å². The van der Waals surface area contributed by atoms with E-state index in [1.54, 1.807) is 26.2 Å². The summed E-state index contributed by atoms with van der Waals surface area (Å²) < 4.78 is 5.18. The van der Waals surface area contributed by atoms with E-state index < -0.39 is 11.7 Å². The van der Waals surface area contributed by atoms with E-state index in [2.05, 4.69) is 10.3 Å². The minimum Gasteiger partial charge on any atom is -0.444 e. The SMILES string of the molecule is CC(C)(C)OC(=O)Nc1nc(/C([C]=O)=C/CC2CCCC2)cs1. The summed E-state index contributed by atoms with van der Waals surface area (Å²) in [7, 11) is 0. The van der Waals surface area contributed by atoms with E-state index in [0.717, 1.165) is 6.42 Å². The number of ether oxygens (including phenoxy) is 1. The molecule has 23 heavy (non-hydrogen) atoms. The Morgan fingerprint density at radius 1 is 1.48 bits per heavy atom. The number of carbonyl (C=O) groups excluding carboxylic acids is 2. The molecule has 6 heteroatoms. The highest BCUT2D eigenvalue weighted by Gasteiger charge is 2.18. The first-order chi connectivity index (χ1) is 10.9. The largest absolute Gasteiger partial charge is 0.444 e. The minimum atomic E-state index is -0.562. The van der Waals surface area contributed by atoms with Crippen LogP contribution in [-0.2, 0) is 9.53 Å². The number of nitrogens with one attached hydrogen (secondary N) is 1. The zero-order valence-corrected chi connectivity index (χ0v) is 14.7. The van der Waals surface area contributed by atoms with Crippen LogP contribution in [0.3, 0.4) is 0 Å². The van der Waals surface area contributed by atoms with Gasteiger partial charge in [-0.05, 0) is 33.1 Å². The normalized spacial score (nSPS) is 16.4. The number of thiazole rings is 1. The summed E-state index contributed by atoms with van der Waals surface area (Å²) >= 11 is 1.26. The van der Waals surface area contributed by atoms with Crippen molar-refractivity contribution in [1.29, 1.82) is 0 Å². The number of hydrogen-bond acceptors (Lipinski definition) is 5. The molecule has 1 N–H and O–H groups in total. The van der Waals surface area contributed by atoms with Crippen LogP contribution in [0.25, 0.3) is 5.57 Å². The number of aromatic nitrogens is 1. The molecular formula is C17H23N2O3S. The molecule has 1 aliphatic carbocycles. The van der Waals surface area contributed by atoms with Crippen LogP contribution in [0.1, 0.15) is 58.6 Å². The second kappa shape index (κ2) is 7.73. The summed E-state index contributed by atoms with van der Waals surface area (Å²) in [4.78, 5) is 27.2. The Hall–Kier alpha value is -1.69. The van der Waals surface area contributed by atoms with Gasteiger partial charge in [-0.3, -0.25) is 10.1 Å². The first-order valence-electron chi connectivity index (χ1n) is 7.91. The molecule has 1 aromatic rings. The predicted octanol–water partition coefficient (Wildman–Crippen LogP) is 4.56. The Bertz CT molecular complexity index is 581. The lowest BCUT2D eigenvalue weighted by molar-refractivity contribution is 0.0636. The van der Waals surface area contributed by atoms with Crippen molar-refractivity contribution >= 4 is 34.4 Å². The van der Waals surface area contributed by atoms with E-state index in [0.29, 0.717) is 22.3 Å². The van der Waals surface area contributed by atoms with Gasteiger partial charge in [-0.25, -0.2) is 9.78 Å². The fourth-order valence-corrected chi connectivity index (χ4v) is 3.27. The highest BCUT2D eigenvalue weighted by molar-refractivity contribution is 7.14. The zero-order chi connectivity index (χ0) is 16.9. The van der Waals surface area contributed by atoms with Crippen molar-refractivity contribution in [2.24, 2.45) is 5.92 Å². The van der Waals surface area contributed by atoms with Gasteiger partial charge in [-0.15, -0.1) is 11.3 Å². The zero-order valence-electron chi connectivity index (χ0n) is 13.8. The smallest absolute Gasteiger partial charge is 0.413 e. The summed E-state index contributed by atoms with van der Waals surface area (Å²) in [5.74, 6) is 0.663. The summed E-state index contributed by atoms with van der Waals surface area (Å²) in [5.41, 5.74) is 0.451. The molecule has 1 saturated carbocycles. The average Bonchev–Trinajstić information content (AvgIpc) is 3.09. The Morgan fingerprint density at radius 3 is 2.78 bits per heavy atom. The summed E-state index contributed by atoms with van der Waals surface area (Å²) in [5, 5.41) is 4.75. The molecule has 0 bridgehead atoms. The molecule has 0 saturated heterocycles. The fraction of sp³-hybridized carbons (Fsp3) is 0.588. The molecule has 1 amide bonds. The maximum Gasteiger partial charge on any atom is 0.413 e. The summed E-state index contributed by atoms with van der Waals surface area (Å²) in [6.45, 7) is 5.39. The maximum absolute atomic E-state index is 11.7. The van der Waals surface area contributed by atoms with Gasteiger partial charge >= 0.3 is 6.09 Å². The standard InChI is InChI=1S/C17H23N2O3S/c1-17(2,3)22-16(21)19-15-18-14(11-23-15)13(10-20)9-8-12-6-4-5-7-12/h9,11-12H,4-8H2,1-3H3,(H,18,19,21)/b13-9+. The average molecular weight is 335 g/mol. The van der Waals surface area contributed by atoms with Crippen LogP contribution in [0.5, 0.6) is 0 Å². The van der Waals surface area contributed by atoms with E-state index >= 15 is 0 Å². The molecule has 2 rings (SSSR count). The first kappa shape index (κ1) is 17.7. The van der Waals surface area contributed by atoms with Gasteiger partial charge < -0.3 is 4.74 Å². The number of allylic oxidation sites excluding steroid dienone is 2. The molecule has 0 aromatic carbocycles. The Morgan fingerprint density at radius 2 is 2.17 bits per heavy atom. The number of carbonyl (C=O) groups is 1. The number of rotatable bonds is 5. The third-order valence-corrected chi connectivity index (χ3v) is 4.39. The lowest BCUT2D eigenvalue weighted by Gasteiger charge is -2.18. The molecule has 0 spiro atoms. The van der Waals surface area contributed by atoms with Crippen LogP contribution in [0.4, 0.5) is 9.93 Å². The van der Waals surface area contributed by atoms with Gasteiger partial charge in [-0.2, -0.15) is 0 Å². The lowest BCUT2D eigenvalue weighted by Crippen LogP contribution is -2.27. The second-order valence-corrected chi connectivity index (χ2v) is 7.63. The molecule has 1 aliphatic rings. The third kappa shape index (κ3) is 5.78. The fourth-order valence-electron chi connectivity index (χ4n) is 2.57. The van der Waals surface area contributed by atoms with E-state index in [1.807, 2.05) is 12.4 Å². The van der Waals surface area contributed by atoms with Crippen LogP contribution < -0.4 is 5.32 Å². The third-order valence-electron chi connectivity index (χ3n) is 3.63. The van der Waals surface area contributed by atoms with Crippen LogP contribution >= 0.6 is 11.3 Å². The molecule has 0 atom stereocenters. The quantitative estimate of drug-likeness (QED) is 0.801. The van der Waals surface area contributed by atoms with Gasteiger partial charge in [0.1, 0.15) is 5.60 Å². The molecule has 0 unspecified atom stereocenters. The Kier molecular flexibility index (Phi) is 5.93. The molecule has 1 aromatic heterocycles. The highest BCUT2D eigenvalue weighted by atomic mass is 32.1. The summed E-state index contributed by atoms with van der Waals surface area (Å²) in [6, 6.07) is 0. The topological polar surface area (TPSA) is 68.3 Å². The monoisotopic (exact) mass is 335 g/mol. The minimum absolute atomic E-state index is 0.413. The van der Waals surface area contributed by atoms with Gasteiger partial charge in [0.05, 0.1) is 5.69 Å². The first-order valence-corrected chi connectivity index (χ1v) is 8.79. The molecule has 1 radical (unpaired) electrons. The van der Waals surface area contributed by atoms with Crippen molar-refractivity contribution in [3.8, 4) is 0 Å². The van der Waals surface area contributed by atoms with Gasteiger partial charge in [-0.1, -0.05) is 31.8 Å². The van der Waals surface area contributed by atoms with Crippen molar-refractivity contribution in [3.05, 3.63) is 17.2 Å². The van der Waals surface area contributed by atoms with E-state index in [4.69, 9.17) is 4.74 Å². The van der Waals surface area contributed by atoms with Gasteiger partial charge in [0.2, 0.25) is 6.29 Å². The molecule has 125 valence electrons. The lowest BCUT2D eigenvalue weighted by atomic mass is 10.0. The van der Waals surface area contributed by atoms with Crippen LogP contribution in [0.2, 0.25) is 0 Å². The molecular weight excluding hydrogens is 312 g/mol. The molecule has 5 nitrogen and oxygen atoms in total. The van der Waals surface area contributed by atoms with E-state index in [9.17, 15) is 9.59 Å². The van der Waals surface area contributed by atoms with Crippen molar-refractivity contribution < 1.29 is 14.3 Å². The number of nitrogens with zero attached hydrogens (tertiary/aromatic N) is 1. The molecule has 1 fully saturated rings. The molecule has 0 aliphatic heterocycles. The van der Waals surface area contributed by atoms with Crippen LogP contribution in [-0.4, -0.2) is 23.0 Å². The van der Waals surface area contributed by atoms with Gasteiger partial charge in [0, 0.05) is 11.0 Å². The predicted molar refractivity (Wildman–Crippen MR) is 92.2 cm³/mol. The Balaban J connectivity index is 1.97. The number of anilines is 1. The number of amides is 1. The Labute approximate surface area is 141 Å². The summed E-state index contributed by atoms with van der Waals surface area (Å²) in [6.07, 6.45) is 9.21. The number of hydrogen-bond donors (Lipinski definition) is 1. The van der Waals surface area contributed by atoms with Gasteiger partial charge in [0.15, 0.2) is 5.13 Å².